The average Bonchev–Trinajstić information content (AvgIpc) is 3.34. The van der Waals surface area contributed by atoms with E-state index in [0.717, 1.165) is 29.4 Å². The van der Waals surface area contributed by atoms with Crippen molar-refractivity contribution in [3.63, 3.8) is 0 Å². The number of carbonyl (C=O) groups excluding carboxylic acids is 2. The molecule has 4 nitrogen and oxygen atoms in total. The molecule has 0 aliphatic heterocycles. The van der Waals surface area contributed by atoms with Gasteiger partial charge in [0.1, 0.15) is 0 Å². The predicted molar refractivity (Wildman–Crippen MR) is 98.5 cm³/mol. The molecule has 2 aliphatic carbocycles. The molecule has 0 saturated heterocycles. The summed E-state index contributed by atoms with van der Waals surface area (Å²) in [6.07, 6.45) is 5.20. The number of nitrogens with one attached hydrogen (secondary N) is 2. The summed E-state index contributed by atoms with van der Waals surface area (Å²) in [5, 5.41) is 5.80. The normalized spacial score (nSPS) is 28.0. The first-order valence-corrected chi connectivity index (χ1v) is 9.52. The van der Waals surface area contributed by atoms with E-state index in [1.54, 1.807) is 7.05 Å². The van der Waals surface area contributed by atoms with Crippen LogP contribution < -0.4 is 10.6 Å². The number of anilines is 1. The highest BCUT2D eigenvalue weighted by atomic mass is 79.9. The summed E-state index contributed by atoms with van der Waals surface area (Å²) >= 11 is 3.40. The van der Waals surface area contributed by atoms with Crippen molar-refractivity contribution >= 4 is 33.4 Å². The van der Waals surface area contributed by atoms with E-state index in [0.29, 0.717) is 5.92 Å². The molecule has 0 radical (unpaired) electrons. The molecule has 2 fully saturated rings. The highest BCUT2D eigenvalue weighted by Crippen LogP contribution is 2.58. The van der Waals surface area contributed by atoms with Gasteiger partial charge in [0, 0.05) is 23.1 Å². The Bertz CT molecular complexity index is 625. The van der Waals surface area contributed by atoms with Crippen LogP contribution in [0.25, 0.3) is 0 Å². The molecule has 2 aliphatic rings. The zero-order valence-electron chi connectivity index (χ0n) is 14.3. The van der Waals surface area contributed by atoms with Gasteiger partial charge in [-0.2, -0.15) is 0 Å². The minimum atomic E-state index is -0.241. The Morgan fingerprint density at radius 3 is 2.38 bits per heavy atom. The first kappa shape index (κ1) is 17.5. The van der Waals surface area contributed by atoms with Crippen molar-refractivity contribution in [1.82, 2.24) is 5.32 Å². The fraction of sp³-hybridized carbons (Fsp3) is 0.579. The topological polar surface area (TPSA) is 58.2 Å². The molecule has 5 heteroatoms. The van der Waals surface area contributed by atoms with Gasteiger partial charge in [-0.05, 0) is 61.3 Å². The van der Waals surface area contributed by atoms with Crippen LogP contribution in [0.3, 0.4) is 0 Å². The highest BCUT2D eigenvalue weighted by Gasteiger charge is 2.53. The second kappa shape index (κ2) is 6.87. The molecule has 0 heterocycles. The third-order valence-electron chi connectivity index (χ3n) is 5.83. The highest BCUT2D eigenvalue weighted by molar-refractivity contribution is 9.10. The monoisotopic (exact) mass is 392 g/mol. The average molecular weight is 393 g/mol. The van der Waals surface area contributed by atoms with Gasteiger partial charge in [-0.25, -0.2) is 0 Å². The van der Waals surface area contributed by atoms with Crippen molar-refractivity contribution in [2.45, 2.75) is 39.0 Å². The number of benzene rings is 1. The van der Waals surface area contributed by atoms with Crippen LogP contribution in [0.15, 0.2) is 28.7 Å². The van der Waals surface area contributed by atoms with E-state index < -0.39 is 0 Å². The molecule has 3 rings (SSSR count). The van der Waals surface area contributed by atoms with Crippen molar-refractivity contribution in [2.75, 3.05) is 12.4 Å². The lowest BCUT2D eigenvalue weighted by atomic mass is 9.65. The molecule has 24 heavy (non-hydrogen) atoms. The van der Waals surface area contributed by atoms with Crippen molar-refractivity contribution < 1.29 is 9.59 Å². The van der Waals surface area contributed by atoms with Crippen LogP contribution >= 0.6 is 15.9 Å². The fourth-order valence-corrected chi connectivity index (χ4v) is 4.42. The van der Waals surface area contributed by atoms with Crippen LogP contribution in [0, 0.1) is 23.2 Å². The molecule has 0 aromatic heterocycles. The van der Waals surface area contributed by atoms with Crippen LogP contribution in [0.5, 0.6) is 0 Å². The van der Waals surface area contributed by atoms with Gasteiger partial charge >= 0.3 is 0 Å². The van der Waals surface area contributed by atoms with Gasteiger partial charge < -0.3 is 10.6 Å². The van der Waals surface area contributed by atoms with E-state index in [9.17, 15) is 9.59 Å². The number of carbonyl (C=O) groups is 2. The Balaban J connectivity index is 1.83. The van der Waals surface area contributed by atoms with Crippen molar-refractivity contribution in [3.05, 3.63) is 28.7 Å². The summed E-state index contributed by atoms with van der Waals surface area (Å²) in [4.78, 5) is 25.4. The van der Waals surface area contributed by atoms with Gasteiger partial charge in [-0.3, -0.25) is 9.59 Å². The predicted octanol–water partition coefficient (Wildman–Crippen LogP) is 3.97. The molecule has 3 atom stereocenters. The van der Waals surface area contributed by atoms with Gasteiger partial charge in [0.25, 0.3) is 0 Å². The molecule has 0 bridgehead atoms. The van der Waals surface area contributed by atoms with E-state index in [2.05, 4.69) is 33.5 Å². The fourth-order valence-electron chi connectivity index (χ4n) is 4.15. The van der Waals surface area contributed by atoms with Gasteiger partial charge in [0.15, 0.2) is 0 Å². The Hall–Kier alpha value is -1.36. The number of hydrogen-bond acceptors (Lipinski definition) is 2. The summed E-state index contributed by atoms with van der Waals surface area (Å²) in [7, 11) is 1.66. The maximum Gasteiger partial charge on any atom is 0.228 e. The first-order chi connectivity index (χ1) is 11.4. The molecular weight excluding hydrogens is 368 g/mol. The minimum absolute atomic E-state index is 0.0000869. The molecule has 3 unspecified atom stereocenters. The molecule has 1 aromatic rings. The molecule has 1 aromatic carbocycles. The van der Waals surface area contributed by atoms with Crippen LogP contribution in [-0.2, 0) is 9.59 Å². The number of halogens is 1. The number of rotatable bonds is 4. The van der Waals surface area contributed by atoms with Gasteiger partial charge in [0.05, 0.1) is 5.92 Å². The van der Waals surface area contributed by atoms with Crippen LogP contribution in [0.4, 0.5) is 5.69 Å². The number of amides is 2. The van der Waals surface area contributed by atoms with E-state index in [1.165, 1.54) is 12.8 Å². The van der Waals surface area contributed by atoms with Crippen LogP contribution in [-0.4, -0.2) is 18.9 Å². The van der Waals surface area contributed by atoms with Crippen molar-refractivity contribution in [2.24, 2.45) is 23.2 Å². The smallest absolute Gasteiger partial charge is 0.228 e. The van der Waals surface area contributed by atoms with Crippen LogP contribution in [0.2, 0.25) is 0 Å². The molecule has 2 saturated carbocycles. The summed E-state index contributed by atoms with van der Waals surface area (Å²) in [5.41, 5.74) is 1.01. The van der Waals surface area contributed by atoms with E-state index in [1.807, 2.05) is 24.3 Å². The third kappa shape index (κ3) is 3.51. The number of hydrogen-bond donors (Lipinski definition) is 2. The molecule has 130 valence electrons. The lowest BCUT2D eigenvalue weighted by Gasteiger charge is -2.39. The zero-order valence-corrected chi connectivity index (χ0v) is 15.9. The van der Waals surface area contributed by atoms with Gasteiger partial charge in [-0.15, -0.1) is 0 Å². The lowest BCUT2D eigenvalue weighted by Crippen LogP contribution is -2.46. The standard InChI is InChI=1S/C19H25BrN2O2/c1-19(10-11-19)15-5-3-4-14(17(23)21-2)16(15)18(24)22-13-8-6-12(20)7-9-13/h6-9,14-16H,3-5,10-11H2,1-2H3,(H,21,23)(H,22,24). The Kier molecular flexibility index (Phi) is 5.00. The second-order valence-corrected chi connectivity index (χ2v) is 8.35. The van der Waals surface area contributed by atoms with Gasteiger partial charge in [-0.1, -0.05) is 29.3 Å². The zero-order chi connectivity index (χ0) is 17.3. The Labute approximate surface area is 151 Å². The molecule has 0 spiro atoms. The molecule has 2 amide bonds. The van der Waals surface area contributed by atoms with E-state index in [4.69, 9.17) is 0 Å². The van der Waals surface area contributed by atoms with Crippen molar-refractivity contribution in [1.29, 1.82) is 0 Å². The molecule has 2 N–H and O–H groups in total. The van der Waals surface area contributed by atoms with Crippen molar-refractivity contribution in [3.8, 4) is 0 Å². The summed E-state index contributed by atoms with van der Waals surface area (Å²) < 4.78 is 0.977. The van der Waals surface area contributed by atoms with E-state index >= 15 is 0 Å². The first-order valence-electron chi connectivity index (χ1n) is 8.72. The third-order valence-corrected chi connectivity index (χ3v) is 6.36. The summed E-state index contributed by atoms with van der Waals surface area (Å²) in [6, 6.07) is 7.58. The SMILES string of the molecule is CNC(=O)C1CCCC(C2(C)CC2)C1C(=O)Nc1ccc(Br)cc1. The van der Waals surface area contributed by atoms with Gasteiger partial charge in [0.2, 0.25) is 11.8 Å². The maximum absolute atomic E-state index is 13.1. The Morgan fingerprint density at radius 2 is 1.79 bits per heavy atom. The quantitative estimate of drug-likeness (QED) is 0.814. The van der Waals surface area contributed by atoms with E-state index in [-0.39, 0.29) is 29.1 Å². The summed E-state index contributed by atoms with van der Waals surface area (Å²) in [5.74, 6) is -0.177. The maximum atomic E-state index is 13.1. The summed E-state index contributed by atoms with van der Waals surface area (Å²) in [6.45, 7) is 2.27. The second-order valence-electron chi connectivity index (χ2n) is 7.43. The largest absolute Gasteiger partial charge is 0.359 e. The lowest BCUT2D eigenvalue weighted by molar-refractivity contribution is -0.137. The minimum Gasteiger partial charge on any atom is -0.359 e. The van der Waals surface area contributed by atoms with Crippen LogP contribution in [0.1, 0.15) is 39.0 Å². The molecular formula is C19H25BrN2O2. The Morgan fingerprint density at radius 1 is 1.12 bits per heavy atom.